The van der Waals surface area contributed by atoms with E-state index in [1.54, 1.807) is 31.7 Å². The number of methoxy groups -OCH3 is 1. The van der Waals surface area contributed by atoms with Crippen LogP contribution >= 0.6 is 0 Å². The van der Waals surface area contributed by atoms with E-state index >= 15 is 0 Å². The molecule has 0 bridgehead atoms. The molecule has 0 radical (unpaired) electrons. The van der Waals surface area contributed by atoms with Gasteiger partial charge in [0.25, 0.3) is 0 Å². The molecule has 1 aromatic carbocycles. The van der Waals surface area contributed by atoms with Gasteiger partial charge < -0.3 is 24.4 Å². The molecule has 1 heterocycles. The number of nitrogens with one attached hydrogen (secondary N) is 1. The molecule has 0 aromatic heterocycles. The molecule has 10 heteroatoms. The smallest absolute Gasteiger partial charge is 0.416 e. The van der Waals surface area contributed by atoms with Gasteiger partial charge in [-0.15, -0.1) is 0 Å². The summed E-state index contributed by atoms with van der Waals surface area (Å²) >= 11 is 0. The van der Waals surface area contributed by atoms with Crippen molar-refractivity contribution >= 4 is 12.2 Å². The number of alkyl carbamates (subject to hydrolysis) is 1. The summed E-state index contributed by atoms with van der Waals surface area (Å²) in [6.45, 7) is 6.31. The maximum absolute atomic E-state index is 13.3. The molecular weight excluding hydrogens is 429 g/mol. The third-order valence-electron chi connectivity index (χ3n) is 4.93. The molecule has 0 spiro atoms. The Hall–Kier alpha value is -2.49. The van der Waals surface area contributed by atoms with Crippen LogP contribution in [0.2, 0.25) is 0 Å². The van der Waals surface area contributed by atoms with E-state index in [9.17, 15) is 22.8 Å². The molecule has 1 N–H and O–H groups in total. The Bertz CT molecular complexity index is 780. The molecule has 2 unspecified atom stereocenters. The number of rotatable bonds is 6. The van der Waals surface area contributed by atoms with Gasteiger partial charge in [0.2, 0.25) is 0 Å². The van der Waals surface area contributed by atoms with Crippen LogP contribution in [-0.4, -0.2) is 56.0 Å². The Morgan fingerprint density at radius 3 is 2.59 bits per heavy atom. The van der Waals surface area contributed by atoms with Gasteiger partial charge in [0.15, 0.2) is 0 Å². The van der Waals surface area contributed by atoms with E-state index in [0.29, 0.717) is 31.5 Å². The molecule has 7 nitrogen and oxygen atoms in total. The number of amides is 2. The minimum Gasteiger partial charge on any atom is -0.453 e. The van der Waals surface area contributed by atoms with Crippen LogP contribution in [-0.2, 0) is 20.4 Å². The van der Waals surface area contributed by atoms with Crippen molar-refractivity contribution in [2.45, 2.75) is 51.5 Å². The second-order valence-corrected chi connectivity index (χ2v) is 8.66. The van der Waals surface area contributed by atoms with E-state index < -0.39 is 35.6 Å². The quantitative estimate of drug-likeness (QED) is 0.619. The van der Waals surface area contributed by atoms with Gasteiger partial charge in [0.05, 0.1) is 25.4 Å². The lowest BCUT2D eigenvalue weighted by atomic mass is 9.88. The molecule has 2 atom stereocenters. The monoisotopic (exact) mass is 460 g/mol. The van der Waals surface area contributed by atoms with Gasteiger partial charge in [0, 0.05) is 25.6 Å². The third-order valence-corrected chi connectivity index (χ3v) is 4.93. The SMILES string of the molecule is COC(=O)NCCOC(c1cccc(C(F)(F)F)c1)C1CCCN(C(=O)OC(C)(C)C)C1. The summed E-state index contributed by atoms with van der Waals surface area (Å²) in [5, 5.41) is 2.48. The number of piperidine rings is 1. The number of nitrogens with zero attached hydrogens (tertiary/aromatic N) is 1. The highest BCUT2D eigenvalue weighted by Gasteiger charge is 2.35. The van der Waals surface area contributed by atoms with Crippen LogP contribution in [0.4, 0.5) is 22.8 Å². The normalized spacial score (nSPS) is 18.1. The summed E-state index contributed by atoms with van der Waals surface area (Å²) in [4.78, 5) is 25.3. The van der Waals surface area contributed by atoms with Crippen LogP contribution in [0.5, 0.6) is 0 Å². The molecule has 1 aliphatic heterocycles. The third kappa shape index (κ3) is 7.89. The van der Waals surface area contributed by atoms with Gasteiger partial charge in [-0.2, -0.15) is 13.2 Å². The number of carbonyl (C=O) groups is 2. The van der Waals surface area contributed by atoms with Crippen molar-refractivity contribution in [3.8, 4) is 0 Å². The van der Waals surface area contributed by atoms with Crippen LogP contribution in [0.15, 0.2) is 24.3 Å². The van der Waals surface area contributed by atoms with Crippen molar-refractivity contribution in [2.24, 2.45) is 5.92 Å². The molecule has 0 saturated carbocycles. The Kier molecular flexibility index (Phi) is 8.77. The Morgan fingerprint density at radius 1 is 1.25 bits per heavy atom. The average Bonchev–Trinajstić information content (AvgIpc) is 2.72. The summed E-state index contributed by atoms with van der Waals surface area (Å²) in [6, 6.07) is 5.01. The van der Waals surface area contributed by atoms with Gasteiger partial charge in [-0.05, 0) is 51.3 Å². The highest BCUT2D eigenvalue weighted by molar-refractivity contribution is 5.68. The van der Waals surface area contributed by atoms with Crippen LogP contribution in [0.1, 0.15) is 50.8 Å². The van der Waals surface area contributed by atoms with E-state index in [4.69, 9.17) is 9.47 Å². The van der Waals surface area contributed by atoms with Crippen LogP contribution in [0.3, 0.4) is 0 Å². The molecule has 0 aliphatic carbocycles. The van der Waals surface area contributed by atoms with Gasteiger partial charge in [-0.25, -0.2) is 9.59 Å². The lowest BCUT2D eigenvalue weighted by Crippen LogP contribution is -2.44. The predicted octanol–water partition coefficient (Wildman–Crippen LogP) is 4.77. The predicted molar refractivity (Wildman–Crippen MR) is 111 cm³/mol. The average molecular weight is 460 g/mol. The zero-order valence-corrected chi connectivity index (χ0v) is 18.8. The van der Waals surface area contributed by atoms with Gasteiger partial charge in [-0.1, -0.05) is 12.1 Å². The fraction of sp³-hybridized carbons (Fsp3) is 0.636. The van der Waals surface area contributed by atoms with E-state index in [1.165, 1.54) is 13.2 Å². The number of benzene rings is 1. The first-order valence-electron chi connectivity index (χ1n) is 10.5. The van der Waals surface area contributed by atoms with Crippen molar-refractivity contribution < 1.29 is 37.0 Å². The molecule has 180 valence electrons. The fourth-order valence-electron chi connectivity index (χ4n) is 3.56. The summed E-state index contributed by atoms with van der Waals surface area (Å²) in [5.41, 5.74) is -1.05. The lowest BCUT2D eigenvalue weighted by molar-refractivity contribution is -0.137. The number of carbonyl (C=O) groups excluding carboxylic acids is 2. The lowest BCUT2D eigenvalue weighted by Gasteiger charge is -2.37. The summed E-state index contributed by atoms with van der Waals surface area (Å²) in [5.74, 6) is -0.238. The number of ether oxygens (including phenoxy) is 3. The minimum atomic E-state index is -4.48. The number of halogens is 3. The largest absolute Gasteiger partial charge is 0.453 e. The van der Waals surface area contributed by atoms with Gasteiger partial charge >= 0.3 is 18.4 Å². The first-order chi connectivity index (χ1) is 14.9. The number of likely N-dealkylation sites (tertiary alicyclic amines) is 1. The number of hydrogen-bond acceptors (Lipinski definition) is 5. The highest BCUT2D eigenvalue weighted by atomic mass is 19.4. The van der Waals surface area contributed by atoms with E-state index in [1.807, 2.05) is 0 Å². The van der Waals surface area contributed by atoms with E-state index in [2.05, 4.69) is 10.1 Å². The molecule has 2 rings (SSSR count). The van der Waals surface area contributed by atoms with Crippen molar-refractivity contribution in [2.75, 3.05) is 33.4 Å². The molecule has 1 aromatic rings. The second-order valence-electron chi connectivity index (χ2n) is 8.66. The van der Waals surface area contributed by atoms with Crippen molar-refractivity contribution in [3.05, 3.63) is 35.4 Å². The Labute approximate surface area is 186 Å². The Balaban J connectivity index is 2.20. The maximum atomic E-state index is 13.3. The van der Waals surface area contributed by atoms with Crippen molar-refractivity contribution in [1.82, 2.24) is 10.2 Å². The molecule has 1 fully saturated rings. The standard InChI is InChI=1S/C22H31F3N2O5/c1-21(2,3)32-20(29)27-11-6-8-16(14-27)18(31-12-10-26-19(28)30-4)15-7-5-9-17(13-15)22(23,24)25/h5,7,9,13,16,18H,6,8,10-12,14H2,1-4H3,(H,26,28). The van der Waals surface area contributed by atoms with Gasteiger partial charge in [0.1, 0.15) is 5.60 Å². The maximum Gasteiger partial charge on any atom is 0.416 e. The molecule has 2 amide bonds. The van der Waals surface area contributed by atoms with Crippen molar-refractivity contribution in [1.29, 1.82) is 0 Å². The minimum absolute atomic E-state index is 0.0684. The first-order valence-corrected chi connectivity index (χ1v) is 10.5. The first kappa shape index (κ1) is 25.8. The second kappa shape index (κ2) is 10.9. The Morgan fingerprint density at radius 2 is 1.97 bits per heavy atom. The van der Waals surface area contributed by atoms with Crippen LogP contribution < -0.4 is 5.32 Å². The zero-order valence-electron chi connectivity index (χ0n) is 18.8. The number of alkyl halides is 3. The number of hydrogen-bond donors (Lipinski definition) is 1. The molecule has 1 aliphatic rings. The summed E-state index contributed by atoms with van der Waals surface area (Å²) in [7, 11) is 1.23. The van der Waals surface area contributed by atoms with E-state index in [-0.39, 0.29) is 19.1 Å². The van der Waals surface area contributed by atoms with Crippen LogP contribution in [0, 0.1) is 5.92 Å². The summed E-state index contributed by atoms with van der Waals surface area (Å²) < 4.78 is 55.7. The van der Waals surface area contributed by atoms with Gasteiger partial charge in [-0.3, -0.25) is 0 Å². The fourth-order valence-corrected chi connectivity index (χ4v) is 3.56. The topological polar surface area (TPSA) is 77.1 Å². The highest BCUT2D eigenvalue weighted by Crippen LogP contribution is 2.36. The van der Waals surface area contributed by atoms with E-state index in [0.717, 1.165) is 12.1 Å². The summed E-state index contributed by atoms with van der Waals surface area (Å²) in [6.07, 6.45) is -4.92. The molecule has 1 saturated heterocycles. The molecular formula is C22H31F3N2O5. The van der Waals surface area contributed by atoms with Crippen LogP contribution in [0.25, 0.3) is 0 Å². The zero-order chi connectivity index (χ0) is 23.9. The molecule has 32 heavy (non-hydrogen) atoms. The van der Waals surface area contributed by atoms with Crippen molar-refractivity contribution in [3.63, 3.8) is 0 Å².